The molecule has 0 aliphatic heterocycles. The van der Waals surface area contributed by atoms with Crippen LogP contribution in [0.1, 0.15) is 12.0 Å². The SMILES string of the molecule is NCC(CC(=O)OC(=O)C(F)(F)F)OCc1ccccc1. The zero-order valence-corrected chi connectivity index (χ0v) is 10.9. The van der Waals surface area contributed by atoms with Gasteiger partial charge >= 0.3 is 18.1 Å². The van der Waals surface area contributed by atoms with Crippen molar-refractivity contribution in [3.05, 3.63) is 35.9 Å². The molecular formula is C13H14F3NO4. The molecule has 0 aliphatic rings. The van der Waals surface area contributed by atoms with E-state index in [1.165, 1.54) is 0 Å². The molecular weight excluding hydrogens is 291 g/mol. The monoisotopic (exact) mass is 305 g/mol. The summed E-state index contributed by atoms with van der Waals surface area (Å²) in [7, 11) is 0. The molecule has 0 amide bonds. The van der Waals surface area contributed by atoms with Crippen LogP contribution in [0.25, 0.3) is 0 Å². The Hall–Kier alpha value is -1.93. The predicted molar refractivity (Wildman–Crippen MR) is 65.8 cm³/mol. The van der Waals surface area contributed by atoms with E-state index in [0.717, 1.165) is 5.56 Å². The highest BCUT2D eigenvalue weighted by molar-refractivity contribution is 5.88. The molecule has 1 unspecified atom stereocenters. The lowest BCUT2D eigenvalue weighted by atomic mass is 10.2. The molecule has 1 aromatic carbocycles. The minimum atomic E-state index is -5.21. The summed E-state index contributed by atoms with van der Waals surface area (Å²) in [5.74, 6) is -3.88. The van der Waals surface area contributed by atoms with Gasteiger partial charge in [-0.2, -0.15) is 13.2 Å². The second-order valence-corrected chi connectivity index (χ2v) is 4.12. The third-order valence-corrected chi connectivity index (χ3v) is 2.42. The highest BCUT2D eigenvalue weighted by Crippen LogP contribution is 2.17. The first-order valence-electron chi connectivity index (χ1n) is 6.00. The van der Waals surface area contributed by atoms with Crippen LogP contribution >= 0.6 is 0 Å². The molecule has 0 heterocycles. The molecule has 0 saturated carbocycles. The Balaban J connectivity index is 2.43. The molecule has 1 rings (SSSR count). The van der Waals surface area contributed by atoms with Crippen molar-refractivity contribution in [3.8, 4) is 0 Å². The topological polar surface area (TPSA) is 78.6 Å². The predicted octanol–water partition coefficient (Wildman–Crippen LogP) is 1.55. The average molecular weight is 305 g/mol. The Kier molecular flexibility index (Phi) is 6.32. The number of esters is 2. The first-order chi connectivity index (χ1) is 9.82. The lowest BCUT2D eigenvalue weighted by Crippen LogP contribution is -2.32. The van der Waals surface area contributed by atoms with Gasteiger partial charge in [0.15, 0.2) is 0 Å². The van der Waals surface area contributed by atoms with E-state index in [1.54, 1.807) is 24.3 Å². The van der Waals surface area contributed by atoms with Gasteiger partial charge in [-0.05, 0) is 5.56 Å². The molecule has 8 heteroatoms. The molecule has 2 N–H and O–H groups in total. The van der Waals surface area contributed by atoms with Crippen LogP contribution in [-0.4, -0.2) is 30.8 Å². The quantitative estimate of drug-likeness (QED) is 0.637. The number of halogens is 3. The van der Waals surface area contributed by atoms with E-state index < -0.39 is 30.6 Å². The zero-order chi connectivity index (χ0) is 15.9. The number of hydrogen-bond acceptors (Lipinski definition) is 5. The Morgan fingerprint density at radius 2 is 1.81 bits per heavy atom. The summed E-state index contributed by atoms with van der Waals surface area (Å²) in [5.41, 5.74) is 6.18. The normalized spacial score (nSPS) is 12.8. The molecule has 0 aromatic heterocycles. The molecule has 1 atom stereocenters. The molecule has 0 fully saturated rings. The van der Waals surface area contributed by atoms with Gasteiger partial charge in [0.1, 0.15) is 0 Å². The molecule has 21 heavy (non-hydrogen) atoms. The molecule has 0 saturated heterocycles. The third kappa shape index (κ3) is 6.37. The number of rotatable bonds is 6. The van der Waals surface area contributed by atoms with Gasteiger partial charge in [0, 0.05) is 6.54 Å². The van der Waals surface area contributed by atoms with Crippen molar-refractivity contribution in [2.45, 2.75) is 25.3 Å². The summed E-state index contributed by atoms with van der Waals surface area (Å²) >= 11 is 0. The van der Waals surface area contributed by atoms with Crippen LogP contribution in [0.2, 0.25) is 0 Å². The van der Waals surface area contributed by atoms with Crippen molar-refractivity contribution in [3.63, 3.8) is 0 Å². The zero-order valence-electron chi connectivity index (χ0n) is 10.9. The van der Waals surface area contributed by atoms with Crippen LogP contribution in [-0.2, 0) is 25.7 Å². The molecule has 0 radical (unpaired) electrons. The Bertz CT molecular complexity index is 476. The van der Waals surface area contributed by atoms with Crippen LogP contribution < -0.4 is 5.73 Å². The fraction of sp³-hybridized carbons (Fsp3) is 0.385. The minimum absolute atomic E-state index is 0.0951. The van der Waals surface area contributed by atoms with E-state index in [9.17, 15) is 22.8 Å². The van der Waals surface area contributed by atoms with E-state index in [1.807, 2.05) is 6.07 Å². The number of ether oxygens (including phenoxy) is 2. The molecule has 0 spiro atoms. The molecule has 0 aliphatic carbocycles. The van der Waals surface area contributed by atoms with Crippen molar-refractivity contribution in [2.75, 3.05) is 6.54 Å². The Morgan fingerprint density at radius 1 is 1.19 bits per heavy atom. The molecule has 0 bridgehead atoms. The van der Waals surface area contributed by atoms with Gasteiger partial charge in [0.05, 0.1) is 19.1 Å². The van der Waals surface area contributed by atoms with E-state index in [4.69, 9.17) is 10.5 Å². The van der Waals surface area contributed by atoms with Crippen molar-refractivity contribution in [1.29, 1.82) is 0 Å². The number of benzene rings is 1. The summed E-state index contributed by atoms with van der Waals surface area (Å²) < 4.78 is 44.7. The first-order valence-corrected chi connectivity index (χ1v) is 6.00. The van der Waals surface area contributed by atoms with Crippen molar-refractivity contribution in [2.24, 2.45) is 5.73 Å². The summed E-state index contributed by atoms with van der Waals surface area (Å²) in [6, 6.07) is 8.93. The Labute approximate surface area is 118 Å². The van der Waals surface area contributed by atoms with E-state index in [-0.39, 0.29) is 13.2 Å². The number of carbonyl (C=O) groups excluding carboxylic acids is 2. The van der Waals surface area contributed by atoms with Crippen LogP contribution in [0.4, 0.5) is 13.2 Å². The van der Waals surface area contributed by atoms with Crippen molar-refractivity contribution < 1.29 is 32.2 Å². The van der Waals surface area contributed by atoms with E-state index >= 15 is 0 Å². The second kappa shape index (κ2) is 7.75. The van der Waals surface area contributed by atoms with E-state index in [0.29, 0.717) is 0 Å². The van der Waals surface area contributed by atoms with Gasteiger partial charge < -0.3 is 15.2 Å². The smallest absolute Gasteiger partial charge is 0.386 e. The van der Waals surface area contributed by atoms with Crippen molar-refractivity contribution >= 4 is 11.9 Å². The average Bonchev–Trinajstić information content (AvgIpc) is 2.43. The highest BCUT2D eigenvalue weighted by atomic mass is 19.4. The lowest BCUT2D eigenvalue weighted by Gasteiger charge is -2.15. The van der Waals surface area contributed by atoms with Gasteiger partial charge in [-0.1, -0.05) is 30.3 Å². The lowest BCUT2D eigenvalue weighted by molar-refractivity contribution is -0.202. The summed E-state index contributed by atoms with van der Waals surface area (Å²) in [4.78, 5) is 21.7. The molecule has 5 nitrogen and oxygen atoms in total. The van der Waals surface area contributed by atoms with Crippen molar-refractivity contribution in [1.82, 2.24) is 0 Å². The number of carbonyl (C=O) groups is 2. The number of hydrogen-bond donors (Lipinski definition) is 1. The first kappa shape index (κ1) is 17.1. The third-order valence-electron chi connectivity index (χ3n) is 2.42. The van der Waals surface area contributed by atoms with Gasteiger partial charge in [-0.3, -0.25) is 4.79 Å². The summed E-state index contributed by atoms with van der Waals surface area (Å²) in [6.07, 6.45) is -6.58. The standard InChI is InChI=1S/C13H14F3NO4/c14-13(15,16)12(19)21-11(18)6-10(7-17)20-8-9-4-2-1-3-5-9/h1-5,10H,6-8,17H2. The van der Waals surface area contributed by atoms with Crippen LogP contribution in [0, 0.1) is 0 Å². The Morgan fingerprint density at radius 3 is 2.33 bits per heavy atom. The summed E-state index contributed by atoms with van der Waals surface area (Å²) in [5, 5.41) is 0. The number of nitrogens with two attached hydrogens (primary N) is 1. The number of alkyl halides is 3. The van der Waals surface area contributed by atoms with Crippen LogP contribution in [0.15, 0.2) is 30.3 Å². The summed E-state index contributed by atoms with van der Waals surface area (Å²) in [6.45, 7) is 0.0470. The fourth-order valence-electron chi connectivity index (χ4n) is 1.39. The van der Waals surface area contributed by atoms with Gasteiger partial charge in [0.25, 0.3) is 0 Å². The van der Waals surface area contributed by atoms with Gasteiger partial charge in [-0.25, -0.2) is 4.79 Å². The fourth-order valence-corrected chi connectivity index (χ4v) is 1.39. The van der Waals surface area contributed by atoms with Gasteiger partial charge in [-0.15, -0.1) is 0 Å². The van der Waals surface area contributed by atoms with Crippen LogP contribution in [0.5, 0.6) is 0 Å². The second-order valence-electron chi connectivity index (χ2n) is 4.12. The minimum Gasteiger partial charge on any atom is -0.386 e. The maximum absolute atomic E-state index is 11.9. The van der Waals surface area contributed by atoms with Crippen LogP contribution in [0.3, 0.4) is 0 Å². The molecule has 1 aromatic rings. The maximum atomic E-state index is 11.9. The van der Waals surface area contributed by atoms with Gasteiger partial charge in [0.2, 0.25) is 0 Å². The van der Waals surface area contributed by atoms with E-state index in [2.05, 4.69) is 4.74 Å². The highest BCUT2D eigenvalue weighted by Gasteiger charge is 2.42. The molecule has 116 valence electrons. The maximum Gasteiger partial charge on any atom is 0.491 e. The largest absolute Gasteiger partial charge is 0.491 e.